The van der Waals surface area contributed by atoms with Crippen LogP contribution < -0.4 is 5.32 Å². The Bertz CT molecular complexity index is 999. The maximum absolute atomic E-state index is 5.64. The minimum atomic E-state index is 0.388. The van der Waals surface area contributed by atoms with E-state index in [1.807, 2.05) is 49.5 Å². The lowest BCUT2D eigenvalue weighted by Gasteiger charge is -2.09. The maximum Gasteiger partial charge on any atom is 0.268 e. The van der Waals surface area contributed by atoms with Gasteiger partial charge in [-0.2, -0.15) is 0 Å². The van der Waals surface area contributed by atoms with Crippen LogP contribution >= 0.6 is 0 Å². The second-order valence-corrected chi connectivity index (χ2v) is 5.51. The number of aromatic nitrogens is 5. The molecule has 1 N–H and O–H groups in total. The molecule has 0 fully saturated rings. The Labute approximate surface area is 144 Å². The van der Waals surface area contributed by atoms with Crippen LogP contribution in [0.1, 0.15) is 18.4 Å². The Morgan fingerprint density at radius 1 is 0.960 bits per heavy atom. The molecule has 0 bridgehead atoms. The van der Waals surface area contributed by atoms with Crippen molar-refractivity contribution in [3.8, 4) is 11.6 Å². The molecule has 4 rings (SSSR count). The Morgan fingerprint density at radius 2 is 1.84 bits per heavy atom. The number of hydrogen-bond donors (Lipinski definition) is 1. The molecule has 3 heterocycles. The second kappa shape index (κ2) is 6.64. The van der Waals surface area contributed by atoms with Gasteiger partial charge in [0.2, 0.25) is 5.89 Å². The number of nitrogens with one attached hydrogen (secondary N) is 1. The average molecular weight is 332 g/mol. The second-order valence-electron chi connectivity index (χ2n) is 5.51. The molecule has 0 radical (unpaired) electrons. The molecule has 0 amide bonds. The lowest BCUT2D eigenvalue weighted by Crippen LogP contribution is -2.04. The van der Waals surface area contributed by atoms with Crippen LogP contribution in [-0.2, 0) is 13.0 Å². The monoisotopic (exact) mass is 332 g/mol. The molecule has 0 saturated carbocycles. The van der Waals surface area contributed by atoms with E-state index in [2.05, 4.69) is 30.7 Å². The Kier molecular flexibility index (Phi) is 4.04. The molecular formula is C18H16N6O. The van der Waals surface area contributed by atoms with Gasteiger partial charge in [0.05, 0.1) is 0 Å². The molecule has 0 aliphatic heterocycles. The number of pyridine rings is 1. The molecule has 25 heavy (non-hydrogen) atoms. The van der Waals surface area contributed by atoms with Gasteiger partial charge in [0.25, 0.3) is 5.89 Å². The van der Waals surface area contributed by atoms with Crippen molar-refractivity contribution in [2.24, 2.45) is 0 Å². The topological polar surface area (TPSA) is 89.6 Å². The van der Waals surface area contributed by atoms with E-state index in [0.29, 0.717) is 36.3 Å². The molecule has 7 nitrogen and oxygen atoms in total. The zero-order valence-electron chi connectivity index (χ0n) is 13.7. The van der Waals surface area contributed by atoms with E-state index < -0.39 is 0 Å². The Balaban J connectivity index is 1.71. The first-order valence-corrected chi connectivity index (χ1v) is 8.06. The molecule has 0 spiro atoms. The third-order valence-electron chi connectivity index (χ3n) is 3.84. The van der Waals surface area contributed by atoms with E-state index in [9.17, 15) is 0 Å². The van der Waals surface area contributed by atoms with Crippen molar-refractivity contribution < 1.29 is 4.42 Å². The van der Waals surface area contributed by atoms with Gasteiger partial charge in [-0.15, -0.1) is 20.4 Å². The van der Waals surface area contributed by atoms with Crippen molar-refractivity contribution in [3.05, 3.63) is 60.2 Å². The minimum Gasteiger partial charge on any atom is -0.419 e. The number of anilines is 1. The van der Waals surface area contributed by atoms with E-state index in [0.717, 1.165) is 16.3 Å². The van der Waals surface area contributed by atoms with E-state index >= 15 is 0 Å². The van der Waals surface area contributed by atoms with E-state index in [1.165, 1.54) is 0 Å². The van der Waals surface area contributed by atoms with E-state index in [-0.39, 0.29) is 0 Å². The highest BCUT2D eigenvalue weighted by Crippen LogP contribution is 2.29. The van der Waals surface area contributed by atoms with Gasteiger partial charge in [-0.3, -0.25) is 4.98 Å². The highest BCUT2D eigenvalue weighted by molar-refractivity contribution is 5.98. The van der Waals surface area contributed by atoms with Gasteiger partial charge >= 0.3 is 0 Å². The van der Waals surface area contributed by atoms with Crippen LogP contribution in [0.5, 0.6) is 0 Å². The van der Waals surface area contributed by atoms with Crippen LogP contribution in [0.2, 0.25) is 0 Å². The summed E-state index contributed by atoms with van der Waals surface area (Å²) in [5, 5.41) is 21.9. The number of benzene rings is 1. The van der Waals surface area contributed by atoms with E-state index in [4.69, 9.17) is 4.42 Å². The smallest absolute Gasteiger partial charge is 0.268 e. The largest absolute Gasteiger partial charge is 0.419 e. The number of aryl methyl sites for hydroxylation is 1. The standard InChI is InChI=1S/C18H16N6O/c1-2-15-21-24-18(25-15)16-13-7-3-4-8-14(13)17(23-22-16)20-11-12-6-5-9-19-10-12/h3-10H,2,11H2,1H3,(H,20,23). The fraction of sp³-hybridized carbons (Fsp3) is 0.167. The first-order valence-electron chi connectivity index (χ1n) is 8.06. The molecular weight excluding hydrogens is 316 g/mol. The maximum atomic E-state index is 5.64. The lowest BCUT2D eigenvalue weighted by molar-refractivity contribution is 0.511. The molecule has 4 aromatic rings. The summed E-state index contributed by atoms with van der Waals surface area (Å²) in [6.45, 7) is 2.58. The summed E-state index contributed by atoms with van der Waals surface area (Å²) in [7, 11) is 0. The van der Waals surface area contributed by atoms with Gasteiger partial charge in [0, 0.05) is 36.1 Å². The van der Waals surface area contributed by atoms with Crippen molar-refractivity contribution in [2.75, 3.05) is 5.32 Å². The summed E-state index contributed by atoms with van der Waals surface area (Å²) in [6, 6.07) is 11.8. The molecule has 0 atom stereocenters. The number of nitrogens with zero attached hydrogens (tertiary/aromatic N) is 5. The minimum absolute atomic E-state index is 0.388. The molecule has 7 heteroatoms. The van der Waals surface area contributed by atoms with Crippen LogP contribution in [0.25, 0.3) is 22.4 Å². The summed E-state index contributed by atoms with van der Waals surface area (Å²) in [4.78, 5) is 4.12. The number of fused-ring (bicyclic) bond motifs is 1. The summed E-state index contributed by atoms with van der Waals surface area (Å²) >= 11 is 0. The average Bonchev–Trinajstić information content (AvgIpc) is 3.16. The third kappa shape index (κ3) is 3.03. The highest BCUT2D eigenvalue weighted by Gasteiger charge is 2.15. The molecule has 0 unspecified atom stereocenters. The van der Waals surface area contributed by atoms with Crippen LogP contribution in [0.3, 0.4) is 0 Å². The Hall–Kier alpha value is -3.35. The van der Waals surface area contributed by atoms with Crippen LogP contribution in [-0.4, -0.2) is 25.4 Å². The summed E-state index contributed by atoms with van der Waals surface area (Å²) < 4.78 is 5.64. The number of rotatable bonds is 5. The van der Waals surface area contributed by atoms with Gasteiger partial charge in [-0.1, -0.05) is 37.3 Å². The normalized spacial score (nSPS) is 10.9. The third-order valence-corrected chi connectivity index (χ3v) is 3.84. The molecule has 1 aromatic carbocycles. The van der Waals surface area contributed by atoms with Crippen LogP contribution in [0.15, 0.2) is 53.2 Å². The van der Waals surface area contributed by atoms with Gasteiger partial charge in [-0.25, -0.2) is 0 Å². The van der Waals surface area contributed by atoms with Gasteiger partial charge in [-0.05, 0) is 11.6 Å². The summed E-state index contributed by atoms with van der Waals surface area (Å²) in [5.41, 5.74) is 1.66. The number of hydrogen-bond acceptors (Lipinski definition) is 7. The molecule has 124 valence electrons. The lowest BCUT2D eigenvalue weighted by atomic mass is 10.1. The highest BCUT2D eigenvalue weighted by atomic mass is 16.4. The fourth-order valence-corrected chi connectivity index (χ4v) is 2.57. The van der Waals surface area contributed by atoms with E-state index in [1.54, 1.807) is 6.20 Å². The predicted octanol–water partition coefficient (Wildman–Crippen LogP) is 3.25. The molecule has 0 aliphatic rings. The first kappa shape index (κ1) is 15.2. The van der Waals surface area contributed by atoms with Gasteiger partial charge < -0.3 is 9.73 Å². The fourth-order valence-electron chi connectivity index (χ4n) is 2.57. The quantitative estimate of drug-likeness (QED) is 0.600. The van der Waals surface area contributed by atoms with Gasteiger partial charge in [0.1, 0.15) is 0 Å². The predicted molar refractivity (Wildman–Crippen MR) is 93.8 cm³/mol. The van der Waals surface area contributed by atoms with Crippen LogP contribution in [0, 0.1) is 0 Å². The summed E-state index contributed by atoms with van der Waals surface area (Å²) in [5.74, 6) is 1.68. The van der Waals surface area contributed by atoms with Crippen molar-refractivity contribution in [1.82, 2.24) is 25.4 Å². The Morgan fingerprint density at radius 3 is 2.60 bits per heavy atom. The molecule has 3 aromatic heterocycles. The zero-order valence-corrected chi connectivity index (χ0v) is 13.7. The van der Waals surface area contributed by atoms with Crippen molar-refractivity contribution >= 4 is 16.6 Å². The van der Waals surface area contributed by atoms with Crippen LogP contribution in [0.4, 0.5) is 5.82 Å². The molecule has 0 aliphatic carbocycles. The molecule has 0 saturated heterocycles. The van der Waals surface area contributed by atoms with Crippen molar-refractivity contribution in [2.45, 2.75) is 19.9 Å². The summed E-state index contributed by atoms with van der Waals surface area (Å²) in [6.07, 6.45) is 4.26. The first-order chi connectivity index (χ1) is 12.3. The SMILES string of the molecule is CCc1nnc(-c2nnc(NCc3cccnc3)c3ccccc23)o1. The van der Waals surface area contributed by atoms with Gasteiger partial charge in [0.15, 0.2) is 11.5 Å². The van der Waals surface area contributed by atoms with Crippen molar-refractivity contribution in [3.63, 3.8) is 0 Å². The van der Waals surface area contributed by atoms with Crippen molar-refractivity contribution in [1.29, 1.82) is 0 Å². The zero-order chi connectivity index (χ0) is 17.1.